The molecule has 1 aromatic rings. The number of aromatic nitrogens is 1. The van der Waals surface area contributed by atoms with E-state index in [1.54, 1.807) is 25.6 Å². The number of rotatable bonds is 9. The van der Waals surface area contributed by atoms with Gasteiger partial charge in [-0.2, -0.15) is 0 Å². The predicted octanol–water partition coefficient (Wildman–Crippen LogP) is 1.35. The molecule has 104 valence electrons. The fourth-order valence-corrected chi connectivity index (χ4v) is 2.67. The Bertz CT molecular complexity index is 333. The van der Waals surface area contributed by atoms with Crippen LogP contribution in [0.2, 0.25) is 0 Å². The molecule has 0 aliphatic carbocycles. The number of hydrogen-bond acceptors (Lipinski definition) is 6. The maximum Gasteiger partial charge on any atom is 0.185 e. The average molecular weight is 273 g/mol. The van der Waals surface area contributed by atoms with Gasteiger partial charge in [0.2, 0.25) is 0 Å². The molecule has 1 N–H and O–H groups in total. The summed E-state index contributed by atoms with van der Waals surface area (Å²) in [4.78, 5) is 6.86. The summed E-state index contributed by atoms with van der Waals surface area (Å²) >= 11 is 1.67. The molecule has 0 saturated heterocycles. The normalized spacial score (nSPS) is 12.7. The van der Waals surface area contributed by atoms with Crippen molar-refractivity contribution >= 4 is 16.5 Å². The van der Waals surface area contributed by atoms with Gasteiger partial charge in [0.15, 0.2) is 5.13 Å². The van der Waals surface area contributed by atoms with Gasteiger partial charge in [-0.25, -0.2) is 4.98 Å². The number of anilines is 1. The summed E-state index contributed by atoms with van der Waals surface area (Å²) in [5, 5.41) is 6.23. The Balaban J connectivity index is 2.72. The maximum absolute atomic E-state index is 5.22. The van der Waals surface area contributed by atoms with Crippen molar-refractivity contribution in [3.05, 3.63) is 11.1 Å². The van der Waals surface area contributed by atoms with Crippen molar-refractivity contribution < 1.29 is 9.47 Å². The van der Waals surface area contributed by atoms with Gasteiger partial charge >= 0.3 is 0 Å². The van der Waals surface area contributed by atoms with Gasteiger partial charge in [-0.3, -0.25) is 0 Å². The Morgan fingerprint density at radius 3 is 2.83 bits per heavy atom. The highest BCUT2D eigenvalue weighted by Crippen LogP contribution is 2.22. The third kappa shape index (κ3) is 4.53. The van der Waals surface area contributed by atoms with Gasteiger partial charge < -0.3 is 19.7 Å². The summed E-state index contributed by atoms with van der Waals surface area (Å²) < 4.78 is 10.4. The predicted molar refractivity (Wildman–Crippen MR) is 75.4 cm³/mol. The van der Waals surface area contributed by atoms with Crippen LogP contribution in [0.5, 0.6) is 0 Å². The van der Waals surface area contributed by atoms with Crippen molar-refractivity contribution in [3.63, 3.8) is 0 Å². The molecular weight excluding hydrogens is 250 g/mol. The van der Waals surface area contributed by atoms with Gasteiger partial charge in [0, 0.05) is 32.7 Å². The number of nitrogens with one attached hydrogen (secondary N) is 1. The minimum atomic E-state index is 0.290. The second-order valence-electron chi connectivity index (χ2n) is 4.14. The molecule has 0 fully saturated rings. The third-order valence-electron chi connectivity index (χ3n) is 2.62. The SMILES string of the molecule is CNCc1csc(N(CCOC)C(C)COC)n1. The van der Waals surface area contributed by atoms with E-state index >= 15 is 0 Å². The van der Waals surface area contributed by atoms with E-state index in [-0.39, 0.29) is 0 Å². The number of thiazole rings is 1. The first-order chi connectivity index (χ1) is 8.72. The van der Waals surface area contributed by atoms with Crippen molar-refractivity contribution in [2.75, 3.05) is 45.9 Å². The van der Waals surface area contributed by atoms with Crippen molar-refractivity contribution in [1.29, 1.82) is 0 Å². The molecule has 0 radical (unpaired) electrons. The van der Waals surface area contributed by atoms with E-state index in [9.17, 15) is 0 Å². The van der Waals surface area contributed by atoms with Crippen LogP contribution in [0.25, 0.3) is 0 Å². The fourth-order valence-electron chi connectivity index (χ4n) is 1.72. The van der Waals surface area contributed by atoms with Crippen LogP contribution >= 0.6 is 11.3 Å². The van der Waals surface area contributed by atoms with E-state index in [1.807, 2.05) is 7.05 Å². The zero-order chi connectivity index (χ0) is 13.4. The standard InChI is InChI=1S/C12H23N3O2S/c1-10(8-17-4)15(5-6-16-3)12-14-11(7-13-2)9-18-12/h9-10,13H,5-8H2,1-4H3. The molecule has 0 spiro atoms. The molecule has 1 atom stereocenters. The summed E-state index contributed by atoms with van der Waals surface area (Å²) in [5.41, 5.74) is 1.07. The first-order valence-electron chi connectivity index (χ1n) is 6.06. The van der Waals surface area contributed by atoms with Gasteiger partial charge in [0.05, 0.1) is 24.9 Å². The van der Waals surface area contributed by atoms with Crippen LogP contribution in [-0.2, 0) is 16.0 Å². The molecule has 0 bridgehead atoms. The second-order valence-corrected chi connectivity index (χ2v) is 4.98. The highest BCUT2D eigenvalue weighted by atomic mass is 32.1. The van der Waals surface area contributed by atoms with Gasteiger partial charge in [-0.1, -0.05) is 0 Å². The molecule has 0 aromatic carbocycles. The zero-order valence-corrected chi connectivity index (χ0v) is 12.4. The number of hydrogen-bond donors (Lipinski definition) is 1. The van der Waals surface area contributed by atoms with Gasteiger partial charge in [0.25, 0.3) is 0 Å². The van der Waals surface area contributed by atoms with Crippen LogP contribution in [0.3, 0.4) is 0 Å². The Labute approximate surface area is 113 Å². The lowest BCUT2D eigenvalue weighted by Crippen LogP contribution is -2.38. The van der Waals surface area contributed by atoms with Crippen molar-refractivity contribution in [2.24, 2.45) is 0 Å². The van der Waals surface area contributed by atoms with E-state index in [0.717, 1.165) is 23.9 Å². The molecule has 1 heterocycles. The van der Waals surface area contributed by atoms with Crippen molar-refractivity contribution in [3.8, 4) is 0 Å². The molecule has 1 aromatic heterocycles. The Morgan fingerprint density at radius 1 is 1.44 bits per heavy atom. The van der Waals surface area contributed by atoms with E-state index < -0.39 is 0 Å². The topological polar surface area (TPSA) is 46.6 Å². The van der Waals surface area contributed by atoms with Crippen LogP contribution in [0.4, 0.5) is 5.13 Å². The Hall–Kier alpha value is -0.690. The van der Waals surface area contributed by atoms with Gasteiger partial charge in [0.1, 0.15) is 0 Å². The molecule has 0 aliphatic rings. The minimum absolute atomic E-state index is 0.290. The first kappa shape index (κ1) is 15.4. The van der Waals surface area contributed by atoms with Crippen LogP contribution in [0.1, 0.15) is 12.6 Å². The monoisotopic (exact) mass is 273 g/mol. The Kier molecular flexibility index (Phi) is 7.19. The highest BCUT2D eigenvalue weighted by Gasteiger charge is 2.17. The summed E-state index contributed by atoms with van der Waals surface area (Å²) in [6.45, 7) is 5.14. The summed E-state index contributed by atoms with van der Waals surface area (Å²) in [6.07, 6.45) is 0. The van der Waals surface area contributed by atoms with Crippen molar-refractivity contribution in [2.45, 2.75) is 19.5 Å². The van der Waals surface area contributed by atoms with Crippen LogP contribution in [0.15, 0.2) is 5.38 Å². The summed E-state index contributed by atoms with van der Waals surface area (Å²) in [5.74, 6) is 0. The molecule has 0 amide bonds. The fraction of sp³-hybridized carbons (Fsp3) is 0.750. The molecule has 1 rings (SSSR count). The summed E-state index contributed by atoms with van der Waals surface area (Å²) in [6, 6.07) is 0.290. The number of ether oxygens (including phenoxy) is 2. The number of nitrogens with zero attached hydrogens (tertiary/aromatic N) is 2. The largest absolute Gasteiger partial charge is 0.383 e. The van der Waals surface area contributed by atoms with Crippen LogP contribution in [0, 0.1) is 0 Å². The van der Waals surface area contributed by atoms with E-state index in [0.29, 0.717) is 19.3 Å². The smallest absolute Gasteiger partial charge is 0.185 e. The lowest BCUT2D eigenvalue weighted by molar-refractivity contribution is 0.171. The molecule has 0 aliphatic heterocycles. The van der Waals surface area contributed by atoms with Crippen molar-refractivity contribution in [1.82, 2.24) is 10.3 Å². The number of methoxy groups -OCH3 is 2. The van der Waals surface area contributed by atoms with Gasteiger partial charge in [-0.05, 0) is 14.0 Å². The zero-order valence-electron chi connectivity index (χ0n) is 11.6. The molecule has 6 heteroatoms. The Morgan fingerprint density at radius 2 is 2.22 bits per heavy atom. The van der Waals surface area contributed by atoms with Gasteiger partial charge in [-0.15, -0.1) is 11.3 Å². The third-order valence-corrected chi connectivity index (χ3v) is 3.55. The van der Waals surface area contributed by atoms with E-state index in [4.69, 9.17) is 9.47 Å². The first-order valence-corrected chi connectivity index (χ1v) is 6.94. The maximum atomic E-state index is 5.22. The molecule has 1 unspecified atom stereocenters. The van der Waals surface area contributed by atoms with Crippen LogP contribution in [-0.4, -0.2) is 52.1 Å². The second kappa shape index (κ2) is 8.42. The van der Waals surface area contributed by atoms with E-state index in [2.05, 4.69) is 27.5 Å². The average Bonchev–Trinajstić information content (AvgIpc) is 2.79. The quantitative estimate of drug-likeness (QED) is 0.736. The molecular formula is C12H23N3O2S. The minimum Gasteiger partial charge on any atom is -0.383 e. The molecule has 5 nitrogen and oxygen atoms in total. The summed E-state index contributed by atoms with van der Waals surface area (Å²) in [7, 11) is 5.36. The lowest BCUT2D eigenvalue weighted by atomic mass is 10.3. The lowest BCUT2D eigenvalue weighted by Gasteiger charge is -2.28. The molecule has 0 saturated carbocycles. The molecule has 18 heavy (non-hydrogen) atoms. The highest BCUT2D eigenvalue weighted by molar-refractivity contribution is 7.13. The van der Waals surface area contributed by atoms with E-state index in [1.165, 1.54) is 0 Å². The van der Waals surface area contributed by atoms with Crippen LogP contribution < -0.4 is 10.2 Å².